The number of rotatable bonds is 4. The largest absolute Gasteiger partial charge is 0.493 e. The summed E-state index contributed by atoms with van der Waals surface area (Å²) in [6, 6.07) is 14.2. The van der Waals surface area contributed by atoms with Crippen molar-refractivity contribution in [2.75, 3.05) is 14.2 Å². The van der Waals surface area contributed by atoms with Gasteiger partial charge in [-0.15, -0.1) is 0 Å². The Bertz CT molecular complexity index is 909. The van der Waals surface area contributed by atoms with Gasteiger partial charge in [0, 0.05) is 33.9 Å². The first-order valence-corrected chi connectivity index (χ1v) is 7.87. The highest BCUT2D eigenvalue weighted by Gasteiger charge is 2.09. The van der Waals surface area contributed by atoms with Crippen molar-refractivity contribution in [3.05, 3.63) is 48.2 Å². The van der Waals surface area contributed by atoms with Crippen LogP contribution in [0.25, 0.3) is 10.9 Å². The predicted octanol–water partition coefficient (Wildman–Crippen LogP) is 4.22. The molecule has 1 aromatic heterocycles. The molecule has 0 aliphatic heterocycles. The molecule has 0 unspecified atom stereocenters. The Hall–Kier alpha value is -2.58. The fraction of sp³-hybridized carbons (Fsp3) is 0.167. The van der Waals surface area contributed by atoms with Crippen LogP contribution in [-0.4, -0.2) is 18.8 Å². The summed E-state index contributed by atoms with van der Waals surface area (Å²) in [6.45, 7) is 0. The second-order valence-electron chi connectivity index (χ2n) is 5.06. The Morgan fingerprint density at radius 3 is 2.39 bits per heavy atom. The lowest BCUT2D eigenvalue weighted by molar-refractivity contribution is 0.354. The van der Waals surface area contributed by atoms with Gasteiger partial charge < -0.3 is 14.0 Å². The molecule has 0 N–H and O–H groups in total. The van der Waals surface area contributed by atoms with Gasteiger partial charge in [-0.1, -0.05) is 11.8 Å². The summed E-state index contributed by atoms with van der Waals surface area (Å²) in [6.07, 6.45) is 1.86. The molecular weight excluding hydrogens is 308 g/mol. The number of nitrogens with zero attached hydrogens (tertiary/aromatic N) is 2. The molecule has 0 fully saturated rings. The van der Waals surface area contributed by atoms with Gasteiger partial charge in [0.15, 0.2) is 11.5 Å². The van der Waals surface area contributed by atoms with Crippen LogP contribution in [0.5, 0.6) is 11.5 Å². The molecule has 4 nitrogen and oxygen atoms in total. The minimum Gasteiger partial charge on any atom is -0.493 e. The van der Waals surface area contributed by atoms with Crippen LogP contribution in [0.4, 0.5) is 0 Å². The summed E-state index contributed by atoms with van der Waals surface area (Å²) in [7, 11) is 5.20. The number of hydrogen-bond donors (Lipinski definition) is 0. The first-order chi connectivity index (χ1) is 11.2. The highest BCUT2D eigenvalue weighted by atomic mass is 32.2. The molecule has 0 amide bonds. The highest BCUT2D eigenvalue weighted by molar-refractivity contribution is 7.99. The SMILES string of the molecule is COc1ccc(Sc2ccc3c(c2)c(C#N)cn3C)cc1OC. The van der Waals surface area contributed by atoms with Crippen molar-refractivity contribution in [2.45, 2.75) is 9.79 Å². The van der Waals surface area contributed by atoms with E-state index in [1.807, 2.05) is 42.1 Å². The van der Waals surface area contributed by atoms with E-state index in [1.165, 1.54) is 0 Å². The molecule has 23 heavy (non-hydrogen) atoms. The lowest BCUT2D eigenvalue weighted by atomic mass is 10.2. The minimum atomic E-state index is 0.692. The summed E-state index contributed by atoms with van der Waals surface area (Å²) >= 11 is 1.63. The van der Waals surface area contributed by atoms with Gasteiger partial charge in [0.2, 0.25) is 0 Å². The number of ether oxygens (including phenoxy) is 2. The van der Waals surface area contributed by atoms with Crippen molar-refractivity contribution in [3.8, 4) is 17.6 Å². The molecule has 0 atom stereocenters. The normalized spacial score (nSPS) is 10.5. The van der Waals surface area contributed by atoms with Gasteiger partial charge in [-0.2, -0.15) is 5.26 Å². The van der Waals surface area contributed by atoms with Crippen molar-refractivity contribution >= 4 is 22.7 Å². The van der Waals surface area contributed by atoms with Crippen LogP contribution in [-0.2, 0) is 7.05 Å². The predicted molar refractivity (Wildman–Crippen MR) is 91.3 cm³/mol. The van der Waals surface area contributed by atoms with E-state index in [1.54, 1.807) is 26.0 Å². The van der Waals surface area contributed by atoms with Gasteiger partial charge in [0.1, 0.15) is 6.07 Å². The minimum absolute atomic E-state index is 0.692. The van der Waals surface area contributed by atoms with Crippen LogP contribution in [0.15, 0.2) is 52.4 Å². The monoisotopic (exact) mass is 324 g/mol. The van der Waals surface area contributed by atoms with Gasteiger partial charge in [-0.25, -0.2) is 0 Å². The van der Waals surface area contributed by atoms with Crippen LogP contribution >= 0.6 is 11.8 Å². The maximum atomic E-state index is 9.25. The van der Waals surface area contributed by atoms with Crippen molar-refractivity contribution in [1.82, 2.24) is 4.57 Å². The molecule has 2 aromatic carbocycles. The Kier molecular flexibility index (Phi) is 4.18. The summed E-state index contributed by atoms with van der Waals surface area (Å²) in [5.41, 5.74) is 1.75. The molecule has 5 heteroatoms. The number of methoxy groups -OCH3 is 2. The van der Waals surface area contributed by atoms with Crippen LogP contribution in [0.3, 0.4) is 0 Å². The fourth-order valence-corrected chi connectivity index (χ4v) is 3.43. The van der Waals surface area contributed by atoms with Gasteiger partial charge in [0.05, 0.1) is 19.8 Å². The van der Waals surface area contributed by atoms with Gasteiger partial charge in [0.25, 0.3) is 0 Å². The molecule has 0 aliphatic carbocycles. The Morgan fingerprint density at radius 1 is 1.00 bits per heavy atom. The molecular formula is C18H16N2O2S. The second-order valence-corrected chi connectivity index (χ2v) is 6.21. The van der Waals surface area contributed by atoms with Gasteiger partial charge in [-0.3, -0.25) is 0 Å². The van der Waals surface area contributed by atoms with E-state index in [9.17, 15) is 5.26 Å². The second kappa shape index (κ2) is 6.27. The molecule has 116 valence electrons. The first-order valence-electron chi connectivity index (χ1n) is 7.05. The average molecular weight is 324 g/mol. The van der Waals surface area contributed by atoms with E-state index in [-0.39, 0.29) is 0 Å². The van der Waals surface area contributed by atoms with Crippen molar-refractivity contribution < 1.29 is 9.47 Å². The molecule has 0 bridgehead atoms. The third-order valence-corrected chi connectivity index (χ3v) is 4.65. The fourth-order valence-electron chi connectivity index (χ4n) is 2.54. The summed E-state index contributed by atoms with van der Waals surface area (Å²) in [4.78, 5) is 2.13. The van der Waals surface area contributed by atoms with Gasteiger partial charge in [-0.05, 0) is 36.4 Å². The molecule has 0 radical (unpaired) electrons. The number of fused-ring (bicyclic) bond motifs is 1. The maximum absolute atomic E-state index is 9.25. The molecule has 0 saturated heterocycles. The zero-order valence-electron chi connectivity index (χ0n) is 13.2. The van der Waals surface area contributed by atoms with Crippen LogP contribution in [0, 0.1) is 11.3 Å². The van der Waals surface area contributed by atoms with Gasteiger partial charge >= 0.3 is 0 Å². The number of benzene rings is 2. The third-order valence-electron chi connectivity index (χ3n) is 3.67. The van der Waals surface area contributed by atoms with E-state index in [0.717, 1.165) is 20.7 Å². The van der Waals surface area contributed by atoms with Crippen LogP contribution in [0.2, 0.25) is 0 Å². The van der Waals surface area contributed by atoms with Crippen molar-refractivity contribution in [3.63, 3.8) is 0 Å². The van der Waals surface area contributed by atoms with E-state index >= 15 is 0 Å². The Morgan fingerprint density at radius 2 is 1.70 bits per heavy atom. The Balaban J connectivity index is 1.97. The van der Waals surface area contributed by atoms with Crippen molar-refractivity contribution in [1.29, 1.82) is 5.26 Å². The molecule has 0 aliphatic rings. The van der Waals surface area contributed by atoms with E-state index in [0.29, 0.717) is 17.1 Å². The number of aryl methyl sites for hydroxylation is 1. The van der Waals surface area contributed by atoms with Crippen molar-refractivity contribution in [2.24, 2.45) is 7.05 Å². The number of nitriles is 1. The zero-order chi connectivity index (χ0) is 16.4. The molecule has 3 rings (SSSR count). The summed E-state index contributed by atoms with van der Waals surface area (Å²) in [5.74, 6) is 1.41. The first kappa shape index (κ1) is 15.3. The molecule has 1 heterocycles. The summed E-state index contributed by atoms with van der Waals surface area (Å²) in [5, 5.41) is 10.2. The number of hydrogen-bond acceptors (Lipinski definition) is 4. The van der Waals surface area contributed by atoms with E-state index < -0.39 is 0 Å². The van der Waals surface area contributed by atoms with E-state index in [4.69, 9.17) is 9.47 Å². The molecule has 0 saturated carbocycles. The average Bonchev–Trinajstić information content (AvgIpc) is 2.90. The standard InChI is InChI=1S/C18H16N2O2S/c1-20-11-12(10-19)15-8-13(4-6-16(15)20)23-14-5-7-17(21-2)18(9-14)22-3/h4-9,11H,1-3H3. The lowest BCUT2D eigenvalue weighted by Crippen LogP contribution is -1.90. The quantitative estimate of drug-likeness (QED) is 0.721. The smallest absolute Gasteiger partial charge is 0.161 e. The van der Waals surface area contributed by atoms with Crippen LogP contribution < -0.4 is 9.47 Å². The highest BCUT2D eigenvalue weighted by Crippen LogP contribution is 2.36. The summed E-state index contributed by atoms with van der Waals surface area (Å²) < 4.78 is 12.6. The Labute approximate surface area is 139 Å². The maximum Gasteiger partial charge on any atom is 0.161 e. The third kappa shape index (κ3) is 2.86. The lowest BCUT2D eigenvalue weighted by Gasteiger charge is -2.09. The zero-order valence-corrected chi connectivity index (χ0v) is 14.0. The van der Waals surface area contributed by atoms with E-state index in [2.05, 4.69) is 18.2 Å². The topological polar surface area (TPSA) is 47.2 Å². The van der Waals surface area contributed by atoms with Crippen LogP contribution in [0.1, 0.15) is 5.56 Å². The molecule has 3 aromatic rings. The number of aromatic nitrogens is 1. The molecule has 0 spiro atoms.